The molecule has 6 nitrogen and oxygen atoms in total. The van der Waals surface area contributed by atoms with Gasteiger partial charge in [-0.15, -0.1) is 5.10 Å². The molecule has 23 heavy (non-hydrogen) atoms. The molecule has 0 saturated heterocycles. The van der Waals surface area contributed by atoms with Crippen molar-refractivity contribution in [2.45, 2.75) is 0 Å². The van der Waals surface area contributed by atoms with E-state index in [1.54, 1.807) is 10.7 Å². The summed E-state index contributed by atoms with van der Waals surface area (Å²) in [5, 5.41) is 12.1. The van der Waals surface area contributed by atoms with E-state index in [4.69, 9.17) is 11.6 Å². The molecule has 0 radical (unpaired) electrons. The molecule has 8 heteroatoms. The lowest BCUT2D eigenvalue weighted by Gasteiger charge is -2.09. The maximum atomic E-state index is 13.3. The normalized spacial score (nSPS) is 11.3. The lowest BCUT2D eigenvalue weighted by molar-refractivity contribution is 0.628. The molecule has 0 unspecified atom stereocenters. The fourth-order valence-corrected chi connectivity index (χ4v) is 2.57. The van der Waals surface area contributed by atoms with Crippen LogP contribution < -0.4 is 5.32 Å². The molecule has 0 aliphatic rings. The average molecular weight is 329 g/mol. The van der Waals surface area contributed by atoms with Gasteiger partial charge in [0, 0.05) is 18.1 Å². The molecule has 0 aliphatic heterocycles. The van der Waals surface area contributed by atoms with Crippen molar-refractivity contribution in [1.82, 2.24) is 25.0 Å². The van der Waals surface area contributed by atoms with Gasteiger partial charge < -0.3 is 5.32 Å². The van der Waals surface area contributed by atoms with Gasteiger partial charge in [0.05, 0.1) is 16.1 Å². The Hall–Kier alpha value is -2.80. The Morgan fingerprint density at radius 3 is 2.83 bits per heavy atom. The molecule has 0 aliphatic carbocycles. The summed E-state index contributed by atoms with van der Waals surface area (Å²) < 4.78 is 14.9. The molecule has 1 N–H and O–H groups in total. The Labute approximate surface area is 134 Å². The van der Waals surface area contributed by atoms with Gasteiger partial charge >= 0.3 is 0 Å². The number of nitrogens with zero attached hydrogens (tertiary/aromatic N) is 5. The molecular weight excluding hydrogens is 319 g/mol. The lowest BCUT2D eigenvalue weighted by atomic mass is 10.2. The van der Waals surface area contributed by atoms with Crippen molar-refractivity contribution < 1.29 is 4.39 Å². The van der Waals surface area contributed by atoms with Gasteiger partial charge in [-0.05, 0) is 30.3 Å². The average Bonchev–Trinajstić information content (AvgIpc) is 2.90. The predicted molar refractivity (Wildman–Crippen MR) is 86.3 cm³/mol. The van der Waals surface area contributed by atoms with Gasteiger partial charge in [0.15, 0.2) is 0 Å². The second kappa shape index (κ2) is 5.13. The number of anilines is 2. The minimum Gasteiger partial charge on any atom is -0.340 e. The van der Waals surface area contributed by atoms with Crippen molar-refractivity contribution in [3.8, 4) is 0 Å². The summed E-state index contributed by atoms with van der Waals surface area (Å²) in [6.07, 6.45) is 1.46. The fraction of sp³-hybridized carbons (Fsp3) is 0.0667. The van der Waals surface area contributed by atoms with Crippen LogP contribution in [0.4, 0.5) is 15.9 Å². The standard InChI is InChI=1S/C15H10ClFN6/c1-23-14-6-12-9(5-13(14)21-22-23)15(19-7-18-12)20-8-2-3-11(17)10(16)4-8/h2-7H,1H3,(H,18,19,20). The minimum absolute atomic E-state index is 0.0460. The number of aromatic nitrogens is 5. The van der Waals surface area contributed by atoms with Crippen LogP contribution in [0.5, 0.6) is 0 Å². The molecule has 0 saturated carbocycles. The Kier molecular flexibility index (Phi) is 3.09. The quantitative estimate of drug-likeness (QED) is 0.610. The second-order valence-corrected chi connectivity index (χ2v) is 5.45. The first-order valence-electron chi connectivity index (χ1n) is 6.78. The van der Waals surface area contributed by atoms with E-state index in [9.17, 15) is 4.39 Å². The van der Waals surface area contributed by atoms with Crippen molar-refractivity contribution in [2.75, 3.05) is 5.32 Å². The molecule has 2 heterocycles. The maximum Gasteiger partial charge on any atom is 0.141 e. The molecule has 0 atom stereocenters. The lowest BCUT2D eigenvalue weighted by Crippen LogP contribution is -1.97. The van der Waals surface area contributed by atoms with Crippen LogP contribution in [0.1, 0.15) is 0 Å². The number of nitrogens with one attached hydrogen (secondary N) is 1. The number of benzene rings is 2. The van der Waals surface area contributed by atoms with E-state index >= 15 is 0 Å². The van der Waals surface area contributed by atoms with Crippen molar-refractivity contribution in [1.29, 1.82) is 0 Å². The Balaban J connectivity index is 1.85. The number of rotatable bonds is 2. The summed E-state index contributed by atoms with van der Waals surface area (Å²) in [4.78, 5) is 8.53. The second-order valence-electron chi connectivity index (χ2n) is 5.05. The van der Waals surface area contributed by atoms with E-state index in [0.717, 1.165) is 21.9 Å². The first kappa shape index (κ1) is 13.8. The van der Waals surface area contributed by atoms with Crippen LogP contribution in [0.2, 0.25) is 5.02 Å². The topological polar surface area (TPSA) is 68.5 Å². The zero-order valence-electron chi connectivity index (χ0n) is 12.0. The van der Waals surface area contributed by atoms with Crippen LogP contribution in [-0.2, 0) is 7.05 Å². The van der Waals surface area contributed by atoms with Crippen LogP contribution in [0.3, 0.4) is 0 Å². The van der Waals surface area contributed by atoms with Gasteiger partial charge in [-0.1, -0.05) is 16.8 Å². The van der Waals surface area contributed by atoms with Crippen LogP contribution >= 0.6 is 11.6 Å². The van der Waals surface area contributed by atoms with Crippen molar-refractivity contribution in [3.05, 3.63) is 47.5 Å². The highest BCUT2D eigenvalue weighted by Gasteiger charge is 2.10. The molecular formula is C15H10ClFN6. The molecule has 0 bridgehead atoms. The van der Waals surface area contributed by atoms with Gasteiger partial charge in [0.1, 0.15) is 23.5 Å². The van der Waals surface area contributed by atoms with Gasteiger partial charge in [-0.25, -0.2) is 19.0 Å². The molecule has 4 aromatic rings. The van der Waals surface area contributed by atoms with Crippen LogP contribution in [0.15, 0.2) is 36.7 Å². The highest BCUT2D eigenvalue weighted by Crippen LogP contribution is 2.28. The highest BCUT2D eigenvalue weighted by atomic mass is 35.5. The van der Waals surface area contributed by atoms with E-state index in [0.29, 0.717) is 11.5 Å². The van der Waals surface area contributed by atoms with E-state index in [2.05, 4.69) is 25.6 Å². The van der Waals surface area contributed by atoms with E-state index < -0.39 is 5.82 Å². The van der Waals surface area contributed by atoms with E-state index in [1.165, 1.54) is 18.5 Å². The van der Waals surface area contributed by atoms with E-state index in [1.807, 2.05) is 19.2 Å². The van der Waals surface area contributed by atoms with Crippen molar-refractivity contribution >= 4 is 45.0 Å². The first-order valence-corrected chi connectivity index (χ1v) is 7.16. The molecule has 2 aromatic carbocycles. The summed E-state index contributed by atoms with van der Waals surface area (Å²) in [5.74, 6) is 0.122. The maximum absolute atomic E-state index is 13.3. The summed E-state index contributed by atoms with van der Waals surface area (Å²) in [6, 6.07) is 8.16. The summed E-state index contributed by atoms with van der Waals surface area (Å²) in [5.41, 5.74) is 3.02. The smallest absolute Gasteiger partial charge is 0.141 e. The SMILES string of the molecule is Cn1nnc2cc3c(Nc4ccc(F)c(Cl)c4)ncnc3cc21. The van der Waals surface area contributed by atoms with Crippen molar-refractivity contribution in [2.24, 2.45) is 7.05 Å². The summed E-state index contributed by atoms with van der Waals surface area (Å²) >= 11 is 5.81. The third-order valence-corrected chi connectivity index (χ3v) is 3.84. The number of hydrogen-bond acceptors (Lipinski definition) is 5. The predicted octanol–water partition coefficient (Wildman–Crippen LogP) is 3.45. The molecule has 0 spiro atoms. The number of hydrogen-bond donors (Lipinski definition) is 1. The number of aryl methyl sites for hydroxylation is 1. The Bertz CT molecular complexity index is 1040. The number of halogens is 2. The number of fused-ring (bicyclic) bond motifs is 2. The summed E-state index contributed by atoms with van der Waals surface area (Å²) in [6.45, 7) is 0. The molecule has 0 fully saturated rings. The van der Waals surface area contributed by atoms with Crippen LogP contribution in [0, 0.1) is 5.82 Å². The Morgan fingerprint density at radius 1 is 1.13 bits per heavy atom. The first-order chi connectivity index (χ1) is 11.1. The van der Waals surface area contributed by atoms with Crippen molar-refractivity contribution in [3.63, 3.8) is 0 Å². The highest BCUT2D eigenvalue weighted by molar-refractivity contribution is 6.31. The van der Waals surface area contributed by atoms with Gasteiger partial charge in [0.2, 0.25) is 0 Å². The zero-order chi connectivity index (χ0) is 16.0. The third-order valence-electron chi connectivity index (χ3n) is 3.55. The van der Waals surface area contributed by atoms with Gasteiger partial charge in [0.25, 0.3) is 0 Å². The third kappa shape index (κ3) is 2.35. The zero-order valence-corrected chi connectivity index (χ0v) is 12.7. The Morgan fingerprint density at radius 2 is 2.00 bits per heavy atom. The fourth-order valence-electron chi connectivity index (χ4n) is 2.39. The monoisotopic (exact) mass is 328 g/mol. The molecule has 2 aromatic heterocycles. The van der Waals surface area contributed by atoms with Crippen LogP contribution in [-0.4, -0.2) is 25.0 Å². The minimum atomic E-state index is -0.467. The van der Waals surface area contributed by atoms with Gasteiger partial charge in [-0.3, -0.25) is 0 Å². The molecule has 114 valence electrons. The molecule has 0 amide bonds. The molecule has 4 rings (SSSR count). The van der Waals surface area contributed by atoms with E-state index in [-0.39, 0.29) is 5.02 Å². The van der Waals surface area contributed by atoms with Crippen LogP contribution in [0.25, 0.3) is 21.9 Å². The van der Waals surface area contributed by atoms with Gasteiger partial charge in [-0.2, -0.15) is 0 Å². The largest absolute Gasteiger partial charge is 0.340 e. The summed E-state index contributed by atoms with van der Waals surface area (Å²) in [7, 11) is 1.82.